The molecule has 0 N–H and O–H groups in total. The Morgan fingerprint density at radius 2 is 2.12 bits per heavy atom. The molecule has 0 aliphatic carbocycles. The molecular formula is C12H14ClF2NO. The highest BCUT2D eigenvalue weighted by Gasteiger charge is 2.21. The molecule has 0 saturated heterocycles. The first-order chi connectivity index (χ1) is 7.91. The van der Waals surface area contributed by atoms with Crippen LogP contribution in [0, 0.1) is 0 Å². The van der Waals surface area contributed by atoms with Gasteiger partial charge in [-0.2, -0.15) is 0 Å². The molecule has 17 heavy (non-hydrogen) atoms. The number of benzene rings is 1. The van der Waals surface area contributed by atoms with E-state index in [-0.39, 0.29) is 5.78 Å². The molecule has 0 saturated carbocycles. The highest BCUT2D eigenvalue weighted by atomic mass is 35.5. The van der Waals surface area contributed by atoms with Gasteiger partial charge in [-0.25, -0.2) is 8.78 Å². The van der Waals surface area contributed by atoms with Gasteiger partial charge in [0.05, 0.1) is 12.6 Å². The lowest BCUT2D eigenvalue weighted by atomic mass is 10.0. The van der Waals surface area contributed by atoms with Crippen LogP contribution in [0.3, 0.4) is 0 Å². The van der Waals surface area contributed by atoms with E-state index in [0.29, 0.717) is 10.6 Å². The van der Waals surface area contributed by atoms with E-state index in [9.17, 15) is 13.6 Å². The summed E-state index contributed by atoms with van der Waals surface area (Å²) < 4.78 is 24.4. The summed E-state index contributed by atoms with van der Waals surface area (Å²) in [4.78, 5) is 13.3. The molecule has 1 unspecified atom stereocenters. The van der Waals surface area contributed by atoms with Gasteiger partial charge in [0.25, 0.3) is 6.43 Å². The second-order valence-corrected chi connectivity index (χ2v) is 4.32. The average molecular weight is 262 g/mol. The summed E-state index contributed by atoms with van der Waals surface area (Å²) in [7, 11) is 1.50. The van der Waals surface area contributed by atoms with Crippen molar-refractivity contribution >= 4 is 17.4 Å². The van der Waals surface area contributed by atoms with Gasteiger partial charge in [0.2, 0.25) is 0 Å². The number of rotatable bonds is 5. The van der Waals surface area contributed by atoms with Crippen LogP contribution < -0.4 is 0 Å². The van der Waals surface area contributed by atoms with E-state index in [2.05, 4.69) is 0 Å². The molecule has 1 atom stereocenters. The van der Waals surface area contributed by atoms with Gasteiger partial charge >= 0.3 is 0 Å². The second kappa shape index (κ2) is 6.07. The molecular weight excluding hydrogens is 248 g/mol. The normalized spacial score (nSPS) is 13.1. The van der Waals surface area contributed by atoms with Crippen LogP contribution >= 0.6 is 11.6 Å². The van der Waals surface area contributed by atoms with E-state index in [4.69, 9.17) is 11.6 Å². The number of hydrogen-bond acceptors (Lipinski definition) is 2. The second-order valence-electron chi connectivity index (χ2n) is 3.88. The summed E-state index contributed by atoms with van der Waals surface area (Å²) in [5, 5.41) is 0.458. The van der Waals surface area contributed by atoms with Crippen LogP contribution in [0.2, 0.25) is 5.02 Å². The van der Waals surface area contributed by atoms with Crippen LogP contribution in [0.1, 0.15) is 17.3 Å². The van der Waals surface area contributed by atoms with Crippen molar-refractivity contribution in [3.8, 4) is 0 Å². The van der Waals surface area contributed by atoms with Crippen molar-refractivity contribution in [1.82, 2.24) is 4.90 Å². The fourth-order valence-corrected chi connectivity index (χ4v) is 1.65. The predicted octanol–water partition coefficient (Wildman–Crippen LogP) is 3.11. The van der Waals surface area contributed by atoms with Crippen LogP contribution in [-0.2, 0) is 0 Å². The molecule has 0 fully saturated rings. The van der Waals surface area contributed by atoms with E-state index in [1.54, 1.807) is 25.1 Å². The standard InChI is InChI=1S/C12H14ClF2NO/c1-8(16(2)7-11(14)15)12(17)9-4-3-5-10(13)6-9/h3-6,8,11H,7H2,1-2H3. The number of carbonyl (C=O) groups excluding carboxylic acids is 1. The molecule has 2 nitrogen and oxygen atoms in total. The topological polar surface area (TPSA) is 20.3 Å². The summed E-state index contributed by atoms with van der Waals surface area (Å²) in [6.45, 7) is 1.18. The van der Waals surface area contributed by atoms with Gasteiger partial charge in [0.15, 0.2) is 5.78 Å². The zero-order valence-electron chi connectivity index (χ0n) is 9.66. The number of alkyl halides is 2. The van der Waals surface area contributed by atoms with Crippen LogP contribution in [0.5, 0.6) is 0 Å². The zero-order chi connectivity index (χ0) is 13.0. The summed E-state index contributed by atoms with van der Waals surface area (Å²) in [5.41, 5.74) is 0.436. The van der Waals surface area contributed by atoms with Crippen molar-refractivity contribution in [2.45, 2.75) is 19.4 Å². The number of ketones is 1. The highest BCUT2D eigenvalue weighted by molar-refractivity contribution is 6.31. The first-order valence-corrected chi connectivity index (χ1v) is 5.57. The van der Waals surface area contributed by atoms with Crippen LogP contribution in [0.15, 0.2) is 24.3 Å². The maximum Gasteiger partial charge on any atom is 0.251 e. The number of halogens is 3. The molecule has 0 radical (unpaired) electrons. The van der Waals surface area contributed by atoms with Crippen molar-refractivity contribution < 1.29 is 13.6 Å². The molecule has 0 amide bonds. The Kier molecular flexibility index (Phi) is 5.02. The number of Topliss-reactive ketones (excluding diaryl/α,β-unsaturated/α-hetero) is 1. The maximum atomic E-state index is 12.2. The van der Waals surface area contributed by atoms with E-state index in [0.717, 1.165) is 0 Å². The molecule has 0 aliphatic rings. The highest BCUT2D eigenvalue weighted by Crippen LogP contribution is 2.14. The van der Waals surface area contributed by atoms with Crippen LogP contribution in [0.25, 0.3) is 0 Å². The lowest BCUT2D eigenvalue weighted by Crippen LogP contribution is -2.38. The fourth-order valence-electron chi connectivity index (χ4n) is 1.46. The Bertz CT molecular complexity index is 398. The Hall–Kier alpha value is -1.00. The van der Waals surface area contributed by atoms with Gasteiger partial charge in [-0.05, 0) is 26.1 Å². The van der Waals surface area contributed by atoms with E-state index in [1.807, 2.05) is 0 Å². The van der Waals surface area contributed by atoms with Crippen molar-refractivity contribution in [2.24, 2.45) is 0 Å². The third-order valence-electron chi connectivity index (χ3n) is 2.58. The minimum absolute atomic E-state index is 0.212. The minimum atomic E-state index is -2.45. The molecule has 1 aromatic carbocycles. The number of hydrogen-bond donors (Lipinski definition) is 0. The Morgan fingerprint density at radius 3 is 2.65 bits per heavy atom. The fraction of sp³-hybridized carbons (Fsp3) is 0.417. The van der Waals surface area contributed by atoms with Gasteiger partial charge in [-0.15, -0.1) is 0 Å². The molecule has 0 heterocycles. The molecule has 0 aliphatic heterocycles. The third-order valence-corrected chi connectivity index (χ3v) is 2.81. The number of likely N-dealkylation sites (N-methyl/N-ethyl adjacent to an activating group) is 1. The lowest BCUT2D eigenvalue weighted by molar-refractivity contribution is 0.0679. The Labute approximate surface area is 104 Å². The molecule has 1 rings (SSSR count). The molecule has 0 spiro atoms. The molecule has 94 valence electrons. The SMILES string of the molecule is CC(C(=O)c1cccc(Cl)c1)N(C)CC(F)F. The van der Waals surface area contributed by atoms with E-state index in [1.165, 1.54) is 18.0 Å². The van der Waals surface area contributed by atoms with Gasteiger partial charge < -0.3 is 0 Å². The first kappa shape index (κ1) is 14.1. The summed E-state index contributed by atoms with van der Waals surface area (Å²) in [5.74, 6) is -0.212. The quantitative estimate of drug-likeness (QED) is 0.759. The van der Waals surface area contributed by atoms with Gasteiger partial charge in [-0.1, -0.05) is 23.7 Å². The molecule has 5 heteroatoms. The summed E-state index contributed by atoms with van der Waals surface area (Å²) in [6, 6.07) is 5.89. The van der Waals surface area contributed by atoms with Gasteiger partial charge in [-0.3, -0.25) is 9.69 Å². The maximum absolute atomic E-state index is 12.2. The predicted molar refractivity (Wildman–Crippen MR) is 63.9 cm³/mol. The van der Waals surface area contributed by atoms with Crippen molar-refractivity contribution in [3.63, 3.8) is 0 Å². The smallest absolute Gasteiger partial charge is 0.251 e. The number of carbonyl (C=O) groups is 1. The molecule has 0 bridgehead atoms. The zero-order valence-corrected chi connectivity index (χ0v) is 10.4. The van der Waals surface area contributed by atoms with Gasteiger partial charge in [0, 0.05) is 10.6 Å². The average Bonchev–Trinajstić information content (AvgIpc) is 2.26. The Morgan fingerprint density at radius 1 is 1.47 bits per heavy atom. The van der Waals surface area contributed by atoms with E-state index >= 15 is 0 Å². The van der Waals surface area contributed by atoms with Crippen molar-refractivity contribution in [1.29, 1.82) is 0 Å². The monoisotopic (exact) mass is 261 g/mol. The number of nitrogens with zero attached hydrogens (tertiary/aromatic N) is 1. The van der Waals surface area contributed by atoms with Crippen LogP contribution in [0.4, 0.5) is 8.78 Å². The van der Waals surface area contributed by atoms with E-state index < -0.39 is 19.0 Å². The summed E-state index contributed by atoms with van der Waals surface area (Å²) in [6.07, 6.45) is -2.45. The molecule has 0 aromatic heterocycles. The van der Waals surface area contributed by atoms with Crippen molar-refractivity contribution in [2.75, 3.05) is 13.6 Å². The molecule has 1 aromatic rings. The van der Waals surface area contributed by atoms with Gasteiger partial charge in [0.1, 0.15) is 0 Å². The van der Waals surface area contributed by atoms with Crippen LogP contribution in [-0.4, -0.2) is 36.7 Å². The Balaban J connectivity index is 2.76. The lowest BCUT2D eigenvalue weighted by Gasteiger charge is -2.23. The first-order valence-electron chi connectivity index (χ1n) is 5.20. The summed E-state index contributed by atoms with van der Waals surface area (Å²) >= 11 is 5.77. The third kappa shape index (κ3) is 4.06. The largest absolute Gasteiger partial charge is 0.292 e. The minimum Gasteiger partial charge on any atom is -0.292 e. The van der Waals surface area contributed by atoms with Crippen molar-refractivity contribution in [3.05, 3.63) is 34.9 Å².